The Labute approximate surface area is 135 Å². The standard InChI is InChI=1S/C14H16F3N5S/c1-18-13(20-7-5-10-4-2-3-6-19-10)21-8-12-22-11(9-23-12)14(15,16)17/h2-4,6,9H,5,7-8H2,1H3,(H2,18,20,21). The summed E-state index contributed by atoms with van der Waals surface area (Å²) in [6.07, 6.45) is -1.96. The normalized spacial score (nSPS) is 12.3. The zero-order valence-corrected chi connectivity index (χ0v) is 13.2. The molecule has 2 aromatic heterocycles. The van der Waals surface area contributed by atoms with Crippen LogP contribution in [0.2, 0.25) is 0 Å². The fourth-order valence-electron chi connectivity index (χ4n) is 1.76. The van der Waals surface area contributed by atoms with Crippen LogP contribution < -0.4 is 10.6 Å². The molecule has 2 heterocycles. The molecule has 2 N–H and O–H groups in total. The second-order valence-corrected chi connectivity index (χ2v) is 5.49. The van der Waals surface area contributed by atoms with Crippen molar-refractivity contribution < 1.29 is 13.2 Å². The molecule has 124 valence electrons. The minimum absolute atomic E-state index is 0.185. The number of nitrogens with zero attached hydrogens (tertiary/aromatic N) is 3. The fourth-order valence-corrected chi connectivity index (χ4v) is 2.50. The van der Waals surface area contributed by atoms with E-state index in [1.54, 1.807) is 13.2 Å². The van der Waals surface area contributed by atoms with Crippen LogP contribution in [-0.4, -0.2) is 29.5 Å². The van der Waals surface area contributed by atoms with Crippen molar-refractivity contribution in [3.05, 3.63) is 46.2 Å². The summed E-state index contributed by atoms with van der Waals surface area (Å²) in [6.45, 7) is 0.798. The molecule has 0 aliphatic heterocycles. The Morgan fingerprint density at radius 2 is 2.13 bits per heavy atom. The maximum Gasteiger partial charge on any atom is 0.434 e. The van der Waals surface area contributed by atoms with Crippen LogP contribution in [-0.2, 0) is 19.1 Å². The van der Waals surface area contributed by atoms with E-state index in [-0.39, 0.29) is 6.54 Å². The second kappa shape index (κ2) is 7.91. The summed E-state index contributed by atoms with van der Waals surface area (Å²) in [5.74, 6) is 0.504. The van der Waals surface area contributed by atoms with E-state index in [9.17, 15) is 13.2 Å². The number of hydrogen-bond acceptors (Lipinski definition) is 4. The SMILES string of the molecule is CN=C(NCCc1ccccn1)NCc1nc(C(F)(F)F)cs1. The molecule has 0 saturated heterocycles. The van der Waals surface area contributed by atoms with Gasteiger partial charge in [-0.05, 0) is 12.1 Å². The first-order chi connectivity index (χ1) is 11.0. The second-order valence-electron chi connectivity index (χ2n) is 4.55. The number of rotatable bonds is 5. The minimum Gasteiger partial charge on any atom is -0.356 e. The highest BCUT2D eigenvalue weighted by molar-refractivity contribution is 7.09. The van der Waals surface area contributed by atoms with E-state index in [2.05, 4.69) is 25.6 Å². The number of aromatic nitrogens is 2. The van der Waals surface area contributed by atoms with Crippen molar-refractivity contribution in [2.24, 2.45) is 4.99 Å². The molecule has 0 aromatic carbocycles. The largest absolute Gasteiger partial charge is 0.434 e. The first-order valence-corrected chi connectivity index (χ1v) is 7.73. The van der Waals surface area contributed by atoms with Crippen molar-refractivity contribution in [1.29, 1.82) is 0 Å². The summed E-state index contributed by atoms with van der Waals surface area (Å²) < 4.78 is 37.4. The fraction of sp³-hybridized carbons (Fsp3) is 0.357. The van der Waals surface area contributed by atoms with E-state index in [1.165, 1.54) is 0 Å². The van der Waals surface area contributed by atoms with Crippen LogP contribution in [0.5, 0.6) is 0 Å². The molecule has 0 unspecified atom stereocenters. The highest BCUT2D eigenvalue weighted by Gasteiger charge is 2.33. The number of nitrogens with one attached hydrogen (secondary N) is 2. The lowest BCUT2D eigenvalue weighted by Gasteiger charge is -2.10. The maximum atomic E-state index is 12.5. The first-order valence-electron chi connectivity index (χ1n) is 6.85. The van der Waals surface area contributed by atoms with Gasteiger partial charge in [-0.1, -0.05) is 6.07 Å². The summed E-state index contributed by atoms with van der Waals surface area (Å²) in [6, 6.07) is 5.68. The van der Waals surface area contributed by atoms with Crippen molar-refractivity contribution >= 4 is 17.3 Å². The molecule has 0 fully saturated rings. The van der Waals surface area contributed by atoms with E-state index >= 15 is 0 Å². The van der Waals surface area contributed by atoms with Gasteiger partial charge in [-0.15, -0.1) is 11.3 Å². The number of thiazole rings is 1. The van der Waals surface area contributed by atoms with E-state index in [4.69, 9.17) is 0 Å². The predicted molar refractivity (Wildman–Crippen MR) is 83.3 cm³/mol. The van der Waals surface area contributed by atoms with Crippen molar-refractivity contribution in [1.82, 2.24) is 20.6 Å². The van der Waals surface area contributed by atoms with Crippen LogP contribution in [0, 0.1) is 0 Å². The van der Waals surface area contributed by atoms with E-state index in [0.29, 0.717) is 17.5 Å². The Balaban J connectivity index is 1.78. The average molecular weight is 343 g/mol. The molecule has 0 aliphatic rings. The van der Waals surface area contributed by atoms with Crippen molar-refractivity contribution in [3.8, 4) is 0 Å². The summed E-state index contributed by atoms with van der Waals surface area (Å²) in [5.41, 5.74) is 0.0857. The quantitative estimate of drug-likeness (QED) is 0.647. The van der Waals surface area contributed by atoms with Crippen LogP contribution >= 0.6 is 11.3 Å². The molecule has 0 aliphatic carbocycles. The maximum absolute atomic E-state index is 12.5. The molecule has 0 amide bonds. The molecular formula is C14H16F3N5S. The monoisotopic (exact) mass is 343 g/mol. The molecule has 0 atom stereocenters. The Kier molecular flexibility index (Phi) is 5.91. The van der Waals surface area contributed by atoms with Gasteiger partial charge in [0.05, 0.1) is 6.54 Å². The van der Waals surface area contributed by atoms with Gasteiger partial charge in [0, 0.05) is 37.3 Å². The van der Waals surface area contributed by atoms with Crippen molar-refractivity contribution in [3.63, 3.8) is 0 Å². The van der Waals surface area contributed by atoms with Crippen molar-refractivity contribution in [2.75, 3.05) is 13.6 Å². The molecule has 23 heavy (non-hydrogen) atoms. The first kappa shape index (κ1) is 17.2. The van der Waals surface area contributed by atoms with Gasteiger partial charge < -0.3 is 10.6 Å². The van der Waals surface area contributed by atoms with Crippen LogP contribution in [0.3, 0.4) is 0 Å². The van der Waals surface area contributed by atoms with Gasteiger partial charge in [-0.25, -0.2) is 4.98 Å². The summed E-state index contributed by atoms with van der Waals surface area (Å²) in [5, 5.41) is 7.37. The summed E-state index contributed by atoms with van der Waals surface area (Å²) in [4.78, 5) is 11.8. The van der Waals surface area contributed by atoms with Gasteiger partial charge >= 0.3 is 6.18 Å². The van der Waals surface area contributed by atoms with E-state index < -0.39 is 11.9 Å². The highest BCUT2D eigenvalue weighted by Crippen LogP contribution is 2.29. The molecule has 0 spiro atoms. The van der Waals surface area contributed by atoms with Gasteiger partial charge in [0.25, 0.3) is 0 Å². The van der Waals surface area contributed by atoms with Crippen LogP contribution in [0.25, 0.3) is 0 Å². The number of pyridine rings is 1. The third-order valence-electron chi connectivity index (χ3n) is 2.87. The predicted octanol–water partition coefficient (Wildman–Crippen LogP) is 2.46. The van der Waals surface area contributed by atoms with Crippen LogP contribution in [0.15, 0.2) is 34.8 Å². The van der Waals surface area contributed by atoms with Gasteiger partial charge in [0.2, 0.25) is 0 Å². The minimum atomic E-state index is -4.41. The zero-order chi connectivity index (χ0) is 16.7. The number of guanidine groups is 1. The van der Waals surface area contributed by atoms with Gasteiger partial charge in [0.15, 0.2) is 11.7 Å². The Morgan fingerprint density at radius 1 is 1.30 bits per heavy atom. The molecule has 0 radical (unpaired) electrons. The molecule has 9 heteroatoms. The van der Waals surface area contributed by atoms with Crippen LogP contribution in [0.4, 0.5) is 13.2 Å². The topological polar surface area (TPSA) is 62.2 Å². The summed E-state index contributed by atoms with van der Waals surface area (Å²) in [7, 11) is 1.60. The molecule has 0 saturated carbocycles. The van der Waals surface area contributed by atoms with Gasteiger partial charge in [-0.3, -0.25) is 9.98 Å². The third-order valence-corrected chi connectivity index (χ3v) is 3.72. The van der Waals surface area contributed by atoms with Gasteiger partial charge in [0.1, 0.15) is 5.01 Å². The molecular weight excluding hydrogens is 327 g/mol. The lowest BCUT2D eigenvalue weighted by Crippen LogP contribution is -2.37. The molecule has 2 rings (SSSR count). The average Bonchev–Trinajstić information content (AvgIpc) is 3.01. The van der Waals surface area contributed by atoms with Crippen LogP contribution in [0.1, 0.15) is 16.4 Å². The Morgan fingerprint density at radius 3 is 2.74 bits per heavy atom. The Hall–Kier alpha value is -2.16. The lowest BCUT2D eigenvalue weighted by molar-refractivity contribution is -0.140. The smallest absolute Gasteiger partial charge is 0.356 e. The molecule has 0 bridgehead atoms. The Bertz CT molecular complexity index is 639. The van der Waals surface area contributed by atoms with Gasteiger partial charge in [-0.2, -0.15) is 13.2 Å². The number of halogens is 3. The highest BCUT2D eigenvalue weighted by atomic mass is 32.1. The number of hydrogen-bond donors (Lipinski definition) is 2. The van der Waals surface area contributed by atoms with E-state index in [0.717, 1.165) is 28.8 Å². The van der Waals surface area contributed by atoms with E-state index in [1.807, 2.05) is 18.2 Å². The third kappa shape index (κ3) is 5.51. The lowest BCUT2D eigenvalue weighted by atomic mass is 10.3. The number of alkyl halides is 3. The zero-order valence-electron chi connectivity index (χ0n) is 12.4. The summed E-state index contributed by atoms with van der Waals surface area (Å²) >= 11 is 0.963. The number of aliphatic imine (C=N–C) groups is 1. The molecule has 5 nitrogen and oxygen atoms in total. The molecule has 2 aromatic rings. The van der Waals surface area contributed by atoms with Crippen molar-refractivity contribution in [2.45, 2.75) is 19.1 Å².